The number of piperidine rings is 2. The van der Waals surface area contributed by atoms with E-state index in [-0.39, 0.29) is 22.9 Å². The minimum absolute atomic E-state index is 0.0205. The maximum absolute atomic E-state index is 13.5. The second-order valence-corrected chi connectivity index (χ2v) is 18.8. The zero-order valence-electron chi connectivity index (χ0n) is 32.7. The fraction of sp³-hybridized carbons (Fsp3) is 0.500. The molecule has 290 valence electrons. The Morgan fingerprint density at radius 3 is 2.40 bits per heavy atom. The minimum Gasteiger partial charge on any atom is -0.444 e. The van der Waals surface area contributed by atoms with Crippen molar-refractivity contribution in [2.24, 2.45) is 11.8 Å². The van der Waals surface area contributed by atoms with Gasteiger partial charge in [-0.2, -0.15) is 5.26 Å². The van der Waals surface area contributed by atoms with E-state index in [1.807, 2.05) is 49.8 Å². The summed E-state index contributed by atoms with van der Waals surface area (Å²) in [4.78, 5) is 29.7. The fourth-order valence-corrected chi connectivity index (χ4v) is 9.67. The van der Waals surface area contributed by atoms with Crippen molar-refractivity contribution < 1.29 is 9.21 Å². The Hall–Kier alpha value is -3.95. The molecule has 55 heavy (non-hydrogen) atoms. The van der Waals surface area contributed by atoms with Gasteiger partial charge >= 0.3 is 0 Å². The van der Waals surface area contributed by atoms with E-state index >= 15 is 0 Å². The molecule has 1 N–H and O–H groups in total. The molecule has 4 heterocycles. The van der Waals surface area contributed by atoms with E-state index < -0.39 is 0 Å². The van der Waals surface area contributed by atoms with Crippen LogP contribution in [0.4, 0.5) is 5.13 Å². The summed E-state index contributed by atoms with van der Waals surface area (Å²) in [5, 5.41) is 14.5. The molecule has 2 aromatic carbocycles. The summed E-state index contributed by atoms with van der Waals surface area (Å²) in [5.74, 6) is 3.31. The minimum atomic E-state index is -0.217. The monoisotopic (exact) mass is 777 g/mol. The summed E-state index contributed by atoms with van der Waals surface area (Å²) in [6.07, 6.45) is 12.6. The zero-order valence-corrected chi connectivity index (χ0v) is 34.4. The maximum Gasteiger partial charge on any atom is 0.264 e. The van der Waals surface area contributed by atoms with Gasteiger partial charge in [-0.25, -0.2) is 9.97 Å². The highest BCUT2D eigenvalue weighted by Gasteiger charge is 2.38. The first-order valence-electron chi connectivity index (χ1n) is 19.9. The van der Waals surface area contributed by atoms with Crippen molar-refractivity contribution in [2.45, 2.75) is 93.3 Å². The highest BCUT2D eigenvalue weighted by Crippen LogP contribution is 2.44. The normalized spacial score (nSPS) is 18.6. The van der Waals surface area contributed by atoms with Gasteiger partial charge in [0.1, 0.15) is 17.4 Å². The number of benzene rings is 2. The van der Waals surface area contributed by atoms with Gasteiger partial charge in [-0.05, 0) is 99.3 Å². The Morgan fingerprint density at radius 1 is 1.02 bits per heavy atom. The van der Waals surface area contributed by atoms with E-state index in [1.165, 1.54) is 48.5 Å². The average Bonchev–Trinajstić information content (AvgIpc) is 3.70. The summed E-state index contributed by atoms with van der Waals surface area (Å²) >= 11 is 3.45. The standard InChI is InChI=1S/C44H55N7O2S2/c1-44(2,3)38-27-46-39(53-38)30-54-40-28-48-43(55-40)47-26-32-16-22-51(23-17-32)37-18-20-50(21-19-37)29-33-10-12-34(13-11-33)41(35-14-15-35)49(4)42(52)36(25-45)24-31-8-6-5-7-9-31/h5-13,24,27-28,32,35,37,41H,14-23,26,29-30H2,1-4H3,(H,47,48)/b36-24+. The highest BCUT2D eigenvalue weighted by molar-refractivity contribution is 8.00. The predicted octanol–water partition coefficient (Wildman–Crippen LogP) is 9.03. The van der Waals surface area contributed by atoms with Crippen LogP contribution in [0, 0.1) is 23.2 Å². The number of oxazole rings is 1. The lowest BCUT2D eigenvalue weighted by molar-refractivity contribution is -0.128. The van der Waals surface area contributed by atoms with Crippen LogP contribution in [-0.2, 0) is 22.5 Å². The highest BCUT2D eigenvalue weighted by atomic mass is 32.2. The topological polar surface area (TPSA) is 102 Å². The molecule has 11 heteroatoms. The Balaban J connectivity index is 0.820. The molecule has 4 aromatic rings. The number of likely N-dealkylation sites (tertiary alicyclic amines) is 2. The number of likely N-dealkylation sites (N-methyl/N-ethyl adjacent to an activating group) is 1. The van der Waals surface area contributed by atoms with Crippen molar-refractivity contribution in [3.05, 3.63) is 101 Å². The number of nitrogens with one attached hydrogen (secondary N) is 1. The Bertz CT molecular complexity index is 1920. The molecule has 2 aliphatic heterocycles. The van der Waals surface area contributed by atoms with Crippen LogP contribution in [0.3, 0.4) is 0 Å². The van der Waals surface area contributed by atoms with Crippen LogP contribution in [0.1, 0.15) is 93.7 Å². The molecule has 9 nitrogen and oxygen atoms in total. The second kappa shape index (κ2) is 17.9. The Labute approximate surface area is 335 Å². The molecule has 1 atom stereocenters. The molecule has 7 rings (SSSR count). The van der Waals surface area contributed by atoms with Crippen molar-refractivity contribution in [1.29, 1.82) is 5.26 Å². The van der Waals surface area contributed by atoms with Gasteiger partial charge in [0.15, 0.2) is 5.13 Å². The molecular weight excluding hydrogens is 723 g/mol. The van der Waals surface area contributed by atoms with E-state index in [4.69, 9.17) is 4.42 Å². The van der Waals surface area contributed by atoms with Gasteiger partial charge < -0.3 is 19.5 Å². The van der Waals surface area contributed by atoms with Gasteiger partial charge in [0.2, 0.25) is 5.89 Å². The number of hydrogen-bond acceptors (Lipinski definition) is 10. The average molecular weight is 778 g/mol. The Kier molecular flexibility index (Phi) is 12.8. The number of thiazole rings is 1. The number of aromatic nitrogens is 2. The molecule has 0 spiro atoms. The van der Waals surface area contributed by atoms with Crippen LogP contribution in [-0.4, -0.2) is 76.4 Å². The summed E-state index contributed by atoms with van der Waals surface area (Å²) in [5.41, 5.74) is 3.47. The molecule has 3 aliphatic rings. The van der Waals surface area contributed by atoms with Gasteiger partial charge in [0, 0.05) is 31.6 Å². The first kappa shape index (κ1) is 39.3. The van der Waals surface area contributed by atoms with Crippen LogP contribution in [0.2, 0.25) is 0 Å². The van der Waals surface area contributed by atoms with Crippen molar-refractivity contribution in [3.8, 4) is 6.07 Å². The Morgan fingerprint density at radius 2 is 1.75 bits per heavy atom. The first-order valence-corrected chi connectivity index (χ1v) is 21.7. The van der Waals surface area contributed by atoms with Crippen molar-refractivity contribution in [2.75, 3.05) is 45.1 Å². The number of anilines is 1. The lowest BCUT2D eigenvalue weighted by Gasteiger charge is -2.42. The van der Waals surface area contributed by atoms with E-state index in [9.17, 15) is 10.1 Å². The van der Waals surface area contributed by atoms with E-state index in [0.717, 1.165) is 66.9 Å². The first-order chi connectivity index (χ1) is 26.6. The van der Waals surface area contributed by atoms with Crippen molar-refractivity contribution in [1.82, 2.24) is 24.7 Å². The van der Waals surface area contributed by atoms with Gasteiger partial charge in [0.25, 0.3) is 5.91 Å². The van der Waals surface area contributed by atoms with Gasteiger partial charge in [-0.15, -0.1) is 11.8 Å². The van der Waals surface area contributed by atoms with Crippen LogP contribution >= 0.6 is 23.1 Å². The maximum atomic E-state index is 13.5. The molecular formula is C44H55N7O2S2. The summed E-state index contributed by atoms with van der Waals surface area (Å²) in [6, 6.07) is 21.3. The van der Waals surface area contributed by atoms with Crippen LogP contribution < -0.4 is 5.32 Å². The number of rotatable bonds is 14. The molecule has 2 saturated heterocycles. The number of carbonyl (C=O) groups excluding carboxylic acids is 1. The summed E-state index contributed by atoms with van der Waals surface area (Å²) in [7, 11) is 1.85. The van der Waals surface area contributed by atoms with Gasteiger partial charge in [0.05, 0.1) is 28.4 Å². The lowest BCUT2D eigenvalue weighted by Crippen LogP contribution is -2.48. The van der Waals surface area contributed by atoms with Gasteiger partial charge in [-0.3, -0.25) is 9.69 Å². The lowest BCUT2D eigenvalue weighted by atomic mass is 9.93. The van der Waals surface area contributed by atoms with Crippen molar-refractivity contribution in [3.63, 3.8) is 0 Å². The molecule has 1 amide bonds. The number of amides is 1. The number of thioether (sulfide) groups is 1. The van der Waals surface area contributed by atoms with E-state index in [2.05, 4.69) is 76.2 Å². The van der Waals surface area contributed by atoms with Crippen LogP contribution in [0.25, 0.3) is 6.08 Å². The molecule has 1 unspecified atom stereocenters. The van der Waals surface area contributed by atoms with Gasteiger partial charge in [-0.1, -0.05) is 86.7 Å². The third kappa shape index (κ3) is 10.5. The second-order valence-electron chi connectivity index (χ2n) is 16.5. The summed E-state index contributed by atoms with van der Waals surface area (Å²) < 4.78 is 7.13. The summed E-state index contributed by atoms with van der Waals surface area (Å²) in [6.45, 7) is 13.0. The molecule has 1 saturated carbocycles. The third-order valence-corrected chi connectivity index (χ3v) is 13.5. The van der Waals surface area contributed by atoms with E-state index in [0.29, 0.717) is 23.6 Å². The molecule has 3 fully saturated rings. The number of nitriles is 1. The quantitative estimate of drug-likeness (QED) is 0.0764. The number of carbonyl (C=O) groups is 1. The molecule has 2 aromatic heterocycles. The molecule has 0 bridgehead atoms. The number of nitrogens with zero attached hydrogens (tertiary/aromatic N) is 6. The molecule has 0 radical (unpaired) electrons. The van der Waals surface area contributed by atoms with Crippen molar-refractivity contribution >= 4 is 40.2 Å². The predicted molar refractivity (Wildman–Crippen MR) is 223 cm³/mol. The molecule has 1 aliphatic carbocycles. The van der Waals surface area contributed by atoms with E-state index in [1.54, 1.807) is 34.1 Å². The smallest absolute Gasteiger partial charge is 0.264 e. The van der Waals surface area contributed by atoms with Crippen LogP contribution in [0.15, 0.2) is 81.2 Å². The van der Waals surface area contributed by atoms with Crippen LogP contribution in [0.5, 0.6) is 0 Å². The number of hydrogen-bond donors (Lipinski definition) is 1. The third-order valence-electron chi connectivity index (χ3n) is 11.4. The SMILES string of the molecule is CN(C(=O)/C(C#N)=C/c1ccccc1)C(c1ccc(CN2CCC(N3CCC(CNc4ncc(SCc5ncc(C(C)(C)C)o5)s4)CC3)CC2)cc1)C1CC1. The zero-order chi connectivity index (χ0) is 38.4. The fourth-order valence-electron chi connectivity index (χ4n) is 7.94. The largest absolute Gasteiger partial charge is 0.444 e.